The minimum atomic E-state index is -0.546. The Balaban J connectivity index is 2.65. The highest BCUT2D eigenvalue weighted by Gasteiger charge is 2.13. The summed E-state index contributed by atoms with van der Waals surface area (Å²) in [5, 5.41) is 25.8. The van der Waals surface area contributed by atoms with Crippen molar-refractivity contribution in [3.8, 4) is 6.07 Å². The van der Waals surface area contributed by atoms with E-state index in [-0.39, 0.29) is 11.3 Å². The maximum Gasteiger partial charge on any atom is 0.289 e. The van der Waals surface area contributed by atoms with Crippen molar-refractivity contribution in [2.24, 2.45) is 0 Å². The minimum Gasteiger partial charge on any atom is -0.384 e. The number of rotatable bonds is 6. The number of nitro groups is 1. The molecule has 0 aliphatic heterocycles. The summed E-state index contributed by atoms with van der Waals surface area (Å²) in [7, 11) is 0. The molecule has 0 unspecified atom stereocenters. The Morgan fingerprint density at radius 2 is 2.17 bits per heavy atom. The lowest BCUT2D eigenvalue weighted by atomic mass is 10.2. The minimum absolute atomic E-state index is 0.0749. The van der Waals surface area contributed by atoms with Crippen molar-refractivity contribution in [1.82, 2.24) is 5.32 Å². The first-order chi connectivity index (χ1) is 8.54. The normalized spacial score (nSPS) is 10.1. The molecule has 0 spiro atoms. The maximum atomic E-state index is 10.8. The molecule has 1 rings (SSSR count). The van der Waals surface area contributed by atoms with Gasteiger partial charge in [-0.15, -0.1) is 0 Å². The number of nitro benzene ring substituents is 1. The van der Waals surface area contributed by atoms with Crippen LogP contribution >= 0.6 is 0 Å². The summed E-state index contributed by atoms with van der Waals surface area (Å²) in [5.74, 6) is 0. The lowest BCUT2D eigenvalue weighted by Gasteiger charge is -2.10. The van der Waals surface area contributed by atoms with Crippen molar-refractivity contribution in [2.45, 2.75) is 19.9 Å². The highest BCUT2D eigenvalue weighted by atomic mass is 16.6. The van der Waals surface area contributed by atoms with Crippen LogP contribution in [0, 0.1) is 21.4 Å². The molecule has 0 fully saturated rings. The fraction of sp³-hybridized carbons (Fsp3) is 0.417. The number of benzene rings is 1. The fourth-order valence-electron chi connectivity index (χ4n) is 1.45. The van der Waals surface area contributed by atoms with Crippen LogP contribution in [0.3, 0.4) is 0 Å². The third-order valence-electron chi connectivity index (χ3n) is 2.32. The maximum absolute atomic E-state index is 10.8. The van der Waals surface area contributed by atoms with E-state index < -0.39 is 4.92 Å². The van der Waals surface area contributed by atoms with E-state index in [9.17, 15) is 10.1 Å². The van der Waals surface area contributed by atoms with Gasteiger partial charge in [0.2, 0.25) is 0 Å². The van der Waals surface area contributed by atoms with Crippen molar-refractivity contribution in [3.05, 3.63) is 33.9 Å². The molecular weight excluding hydrogens is 232 g/mol. The Morgan fingerprint density at radius 1 is 1.44 bits per heavy atom. The van der Waals surface area contributed by atoms with Crippen molar-refractivity contribution in [3.63, 3.8) is 0 Å². The van der Waals surface area contributed by atoms with Crippen molar-refractivity contribution >= 4 is 11.4 Å². The standard InChI is InChI=1S/C12H16N4O2/c1-9(2)14-5-6-15-11-4-3-10(8-13)12(7-11)16(17)18/h3-4,7,9,14-15H,5-6H2,1-2H3. The first-order valence-corrected chi connectivity index (χ1v) is 5.70. The molecule has 6 heteroatoms. The van der Waals surface area contributed by atoms with E-state index >= 15 is 0 Å². The Labute approximate surface area is 106 Å². The van der Waals surface area contributed by atoms with Gasteiger partial charge >= 0.3 is 0 Å². The monoisotopic (exact) mass is 248 g/mol. The van der Waals surface area contributed by atoms with Crippen LogP contribution < -0.4 is 10.6 Å². The van der Waals surface area contributed by atoms with Crippen LogP contribution in [0.25, 0.3) is 0 Å². The van der Waals surface area contributed by atoms with Crippen molar-refractivity contribution < 1.29 is 4.92 Å². The second-order valence-corrected chi connectivity index (χ2v) is 4.14. The van der Waals surface area contributed by atoms with E-state index in [0.717, 1.165) is 6.54 Å². The third kappa shape index (κ3) is 4.03. The predicted molar refractivity (Wildman–Crippen MR) is 69.4 cm³/mol. The molecule has 0 aliphatic carbocycles. The van der Waals surface area contributed by atoms with Gasteiger partial charge < -0.3 is 10.6 Å². The molecule has 6 nitrogen and oxygen atoms in total. The van der Waals surface area contributed by atoms with E-state index in [4.69, 9.17) is 5.26 Å². The molecule has 0 atom stereocenters. The average molecular weight is 248 g/mol. The summed E-state index contributed by atoms with van der Waals surface area (Å²) in [6, 6.07) is 6.71. The van der Waals surface area contributed by atoms with Crippen molar-refractivity contribution in [1.29, 1.82) is 5.26 Å². The second-order valence-electron chi connectivity index (χ2n) is 4.14. The molecule has 0 bridgehead atoms. The van der Waals surface area contributed by atoms with Gasteiger partial charge in [0.25, 0.3) is 5.69 Å². The molecule has 0 saturated heterocycles. The van der Waals surface area contributed by atoms with Gasteiger partial charge in [-0.25, -0.2) is 0 Å². The Hall–Kier alpha value is -2.13. The number of nitriles is 1. The summed E-state index contributed by atoms with van der Waals surface area (Å²) in [6.07, 6.45) is 0. The largest absolute Gasteiger partial charge is 0.384 e. The number of anilines is 1. The van der Waals surface area contributed by atoms with Crippen LogP contribution in [0.1, 0.15) is 19.4 Å². The zero-order valence-corrected chi connectivity index (χ0v) is 10.4. The van der Waals surface area contributed by atoms with E-state index in [1.54, 1.807) is 12.1 Å². The molecule has 2 N–H and O–H groups in total. The SMILES string of the molecule is CC(C)NCCNc1ccc(C#N)c([N+](=O)[O-])c1. The molecule has 96 valence electrons. The van der Waals surface area contributed by atoms with Gasteiger partial charge in [0.1, 0.15) is 11.6 Å². The topological polar surface area (TPSA) is 91.0 Å². The van der Waals surface area contributed by atoms with Crippen LogP contribution in [-0.2, 0) is 0 Å². The summed E-state index contributed by atoms with van der Waals surface area (Å²) in [4.78, 5) is 10.2. The molecule has 0 amide bonds. The Bertz CT molecular complexity index is 466. The summed E-state index contributed by atoms with van der Waals surface area (Å²) < 4.78 is 0. The average Bonchev–Trinajstić information content (AvgIpc) is 2.34. The van der Waals surface area contributed by atoms with Gasteiger partial charge in [0.05, 0.1) is 4.92 Å². The molecule has 0 aromatic heterocycles. The fourth-order valence-corrected chi connectivity index (χ4v) is 1.45. The number of nitrogens with zero attached hydrogens (tertiary/aromatic N) is 2. The van der Waals surface area contributed by atoms with Gasteiger partial charge in [0.15, 0.2) is 0 Å². The van der Waals surface area contributed by atoms with Crippen LogP contribution in [0.2, 0.25) is 0 Å². The number of nitrogens with one attached hydrogen (secondary N) is 2. The molecular formula is C12H16N4O2. The lowest BCUT2D eigenvalue weighted by Crippen LogP contribution is -2.28. The predicted octanol–water partition coefficient (Wildman–Crippen LogP) is 1.88. The van der Waals surface area contributed by atoms with Gasteiger partial charge in [-0.3, -0.25) is 10.1 Å². The first-order valence-electron chi connectivity index (χ1n) is 5.70. The third-order valence-corrected chi connectivity index (χ3v) is 2.32. The Morgan fingerprint density at radius 3 is 2.72 bits per heavy atom. The van der Waals surface area contributed by atoms with E-state index in [0.29, 0.717) is 18.3 Å². The van der Waals surface area contributed by atoms with E-state index in [1.807, 2.05) is 13.8 Å². The molecule has 1 aromatic carbocycles. The van der Waals surface area contributed by atoms with Crippen LogP contribution in [0.15, 0.2) is 18.2 Å². The van der Waals surface area contributed by atoms with Crippen LogP contribution in [0.5, 0.6) is 0 Å². The molecule has 0 radical (unpaired) electrons. The second kappa shape index (κ2) is 6.57. The molecule has 0 heterocycles. The molecule has 18 heavy (non-hydrogen) atoms. The summed E-state index contributed by atoms with van der Waals surface area (Å²) in [6.45, 7) is 5.53. The highest BCUT2D eigenvalue weighted by molar-refractivity contribution is 5.59. The van der Waals surface area contributed by atoms with Crippen molar-refractivity contribution in [2.75, 3.05) is 18.4 Å². The molecule has 0 saturated carbocycles. The van der Waals surface area contributed by atoms with Crippen LogP contribution in [0.4, 0.5) is 11.4 Å². The van der Waals surface area contributed by atoms with Gasteiger partial charge in [-0.05, 0) is 12.1 Å². The highest BCUT2D eigenvalue weighted by Crippen LogP contribution is 2.22. The van der Waals surface area contributed by atoms with Gasteiger partial charge in [0, 0.05) is 30.9 Å². The summed E-state index contributed by atoms with van der Waals surface area (Å²) in [5.41, 5.74) is 0.552. The number of hydrogen-bond acceptors (Lipinski definition) is 5. The number of hydrogen-bond donors (Lipinski definition) is 2. The molecule has 0 aliphatic rings. The lowest BCUT2D eigenvalue weighted by molar-refractivity contribution is -0.385. The van der Waals surface area contributed by atoms with E-state index in [1.165, 1.54) is 12.1 Å². The zero-order chi connectivity index (χ0) is 13.5. The van der Waals surface area contributed by atoms with Gasteiger partial charge in [-0.2, -0.15) is 5.26 Å². The van der Waals surface area contributed by atoms with Crippen LogP contribution in [-0.4, -0.2) is 24.1 Å². The zero-order valence-electron chi connectivity index (χ0n) is 10.4. The smallest absolute Gasteiger partial charge is 0.289 e. The van der Waals surface area contributed by atoms with Gasteiger partial charge in [-0.1, -0.05) is 13.8 Å². The Kier molecular flexibility index (Phi) is 5.08. The summed E-state index contributed by atoms with van der Waals surface area (Å²) >= 11 is 0. The van der Waals surface area contributed by atoms with E-state index in [2.05, 4.69) is 10.6 Å². The first kappa shape index (κ1) is 13.9. The molecule has 1 aromatic rings. The quantitative estimate of drug-likeness (QED) is 0.455.